The molecule has 2 unspecified atom stereocenters. The summed E-state index contributed by atoms with van der Waals surface area (Å²) in [6.07, 6.45) is 13.1. The van der Waals surface area contributed by atoms with Crippen LogP contribution in [0, 0.1) is 0 Å². The van der Waals surface area contributed by atoms with Gasteiger partial charge < -0.3 is 14.8 Å². The van der Waals surface area contributed by atoms with E-state index in [1.807, 2.05) is 18.3 Å². The predicted octanol–water partition coefficient (Wildman–Crippen LogP) is 3.99. The zero-order valence-corrected chi connectivity index (χ0v) is 14.9. The Morgan fingerprint density at radius 1 is 1.17 bits per heavy atom. The minimum Gasteiger partial charge on any atom is -0.352 e. The Morgan fingerprint density at radius 3 is 2.75 bits per heavy atom. The second-order valence-electron chi connectivity index (χ2n) is 6.92. The lowest BCUT2D eigenvalue weighted by atomic mass is 9.95. The lowest BCUT2D eigenvalue weighted by molar-refractivity contribution is 0.347. The summed E-state index contributed by atoms with van der Waals surface area (Å²) in [4.78, 5) is 6.71. The van der Waals surface area contributed by atoms with Gasteiger partial charge in [-0.25, -0.2) is 0 Å². The molecule has 4 rings (SSSR count). The van der Waals surface area contributed by atoms with E-state index in [1.54, 1.807) is 0 Å². The Balaban J connectivity index is 1.63. The van der Waals surface area contributed by atoms with Crippen LogP contribution in [-0.4, -0.2) is 26.6 Å². The summed E-state index contributed by atoms with van der Waals surface area (Å²) in [6, 6.07) is 9.27. The smallest absolute Gasteiger partial charge is 0.169 e. The van der Waals surface area contributed by atoms with Gasteiger partial charge in [-0.15, -0.1) is 0 Å². The monoisotopic (exact) mass is 340 g/mol. The Morgan fingerprint density at radius 2 is 2.00 bits per heavy atom. The van der Waals surface area contributed by atoms with Crippen molar-refractivity contribution >= 4 is 17.3 Å². The largest absolute Gasteiger partial charge is 0.352 e. The molecule has 0 aromatic carbocycles. The molecule has 1 aliphatic heterocycles. The van der Waals surface area contributed by atoms with Gasteiger partial charge in [-0.1, -0.05) is 25.3 Å². The molecule has 5 heteroatoms. The van der Waals surface area contributed by atoms with Crippen LogP contribution in [0.1, 0.15) is 61.5 Å². The number of rotatable bonds is 3. The molecule has 0 radical (unpaired) electrons. The number of thiocarbonyl (C=S) groups is 1. The van der Waals surface area contributed by atoms with Crippen LogP contribution >= 0.6 is 12.2 Å². The van der Waals surface area contributed by atoms with Crippen molar-refractivity contribution in [2.24, 2.45) is 0 Å². The first-order valence-corrected chi connectivity index (χ1v) is 9.26. The van der Waals surface area contributed by atoms with Crippen LogP contribution in [-0.2, 0) is 0 Å². The van der Waals surface area contributed by atoms with Crippen LogP contribution in [0.4, 0.5) is 0 Å². The van der Waals surface area contributed by atoms with Crippen LogP contribution in [0.5, 0.6) is 0 Å². The third-order valence-corrected chi connectivity index (χ3v) is 5.82. The van der Waals surface area contributed by atoms with E-state index in [1.165, 1.54) is 37.7 Å². The molecule has 0 spiro atoms. The van der Waals surface area contributed by atoms with E-state index in [9.17, 15) is 0 Å². The second-order valence-corrected chi connectivity index (χ2v) is 7.31. The Kier molecular flexibility index (Phi) is 4.27. The maximum absolute atomic E-state index is 5.51. The molecular formula is C19H24N4S. The molecule has 3 heterocycles. The van der Waals surface area contributed by atoms with Gasteiger partial charge >= 0.3 is 0 Å². The van der Waals surface area contributed by atoms with Gasteiger partial charge in [0.1, 0.15) is 0 Å². The van der Waals surface area contributed by atoms with E-state index in [2.05, 4.69) is 51.3 Å². The van der Waals surface area contributed by atoms with Crippen molar-refractivity contribution in [2.45, 2.75) is 50.2 Å². The maximum atomic E-state index is 5.51. The summed E-state index contributed by atoms with van der Waals surface area (Å²) in [5, 5.41) is 4.24. The van der Waals surface area contributed by atoms with Gasteiger partial charge in [-0.05, 0) is 48.8 Å². The van der Waals surface area contributed by atoms with Gasteiger partial charge in [-0.2, -0.15) is 0 Å². The highest BCUT2D eigenvalue weighted by Gasteiger charge is 2.38. The fraction of sp³-hybridized carbons (Fsp3) is 0.474. The molecule has 0 amide bonds. The summed E-state index contributed by atoms with van der Waals surface area (Å²) in [6.45, 7) is 0. The molecule has 4 nitrogen and oxygen atoms in total. The van der Waals surface area contributed by atoms with Crippen LogP contribution in [0.2, 0.25) is 0 Å². The predicted molar refractivity (Wildman–Crippen MR) is 99.8 cm³/mol. The Hall–Kier alpha value is -1.88. The highest BCUT2D eigenvalue weighted by molar-refractivity contribution is 7.80. The van der Waals surface area contributed by atoms with E-state index in [0.29, 0.717) is 6.04 Å². The SMILES string of the molecule is CN1C(=S)NC(c2ccccn2)C1c1ccn(C2CCCCC2)c1. The van der Waals surface area contributed by atoms with Gasteiger partial charge in [-0.3, -0.25) is 4.98 Å². The minimum atomic E-state index is 0.103. The summed E-state index contributed by atoms with van der Waals surface area (Å²) in [5.41, 5.74) is 2.35. The quantitative estimate of drug-likeness (QED) is 0.857. The van der Waals surface area contributed by atoms with E-state index in [4.69, 9.17) is 12.2 Å². The first-order chi connectivity index (χ1) is 11.7. The summed E-state index contributed by atoms with van der Waals surface area (Å²) < 4.78 is 2.42. The van der Waals surface area contributed by atoms with Crippen molar-refractivity contribution < 1.29 is 0 Å². The standard InChI is InChI=1S/C19H24N4S/c1-22-18(17(21-19(22)24)16-9-5-6-11-20-16)14-10-12-23(13-14)15-7-3-2-4-8-15/h5-6,9-13,15,17-18H,2-4,7-8H2,1H3,(H,21,24). The average Bonchev–Trinajstić information content (AvgIpc) is 3.22. The Labute approximate surface area is 148 Å². The third-order valence-electron chi connectivity index (χ3n) is 5.41. The van der Waals surface area contributed by atoms with Crippen LogP contribution in [0.15, 0.2) is 42.9 Å². The van der Waals surface area contributed by atoms with Crippen molar-refractivity contribution in [2.75, 3.05) is 7.05 Å². The highest BCUT2D eigenvalue weighted by atomic mass is 32.1. The van der Waals surface area contributed by atoms with Gasteiger partial charge in [0.25, 0.3) is 0 Å². The molecule has 2 aliphatic rings. The molecule has 1 aliphatic carbocycles. The van der Waals surface area contributed by atoms with Crippen LogP contribution in [0.25, 0.3) is 0 Å². The molecule has 2 aromatic heterocycles. The number of nitrogens with one attached hydrogen (secondary N) is 1. The van der Waals surface area contributed by atoms with Crippen molar-refractivity contribution in [3.8, 4) is 0 Å². The molecular weight excluding hydrogens is 316 g/mol. The third kappa shape index (κ3) is 2.81. The number of nitrogens with zero attached hydrogens (tertiary/aromatic N) is 3. The molecule has 2 atom stereocenters. The maximum Gasteiger partial charge on any atom is 0.169 e. The first-order valence-electron chi connectivity index (χ1n) is 8.85. The first kappa shape index (κ1) is 15.6. The van der Waals surface area contributed by atoms with Gasteiger partial charge in [0.2, 0.25) is 0 Å². The lowest BCUT2D eigenvalue weighted by Crippen LogP contribution is -2.24. The normalized spacial score (nSPS) is 25.0. The van der Waals surface area contributed by atoms with E-state index in [0.717, 1.165) is 10.8 Å². The minimum absolute atomic E-state index is 0.103. The molecule has 1 saturated carbocycles. The van der Waals surface area contributed by atoms with Gasteiger partial charge in [0, 0.05) is 31.7 Å². The number of aromatic nitrogens is 2. The molecule has 24 heavy (non-hydrogen) atoms. The average molecular weight is 340 g/mol. The Bertz CT molecular complexity index is 705. The van der Waals surface area contributed by atoms with Crippen molar-refractivity contribution in [1.29, 1.82) is 0 Å². The topological polar surface area (TPSA) is 33.1 Å². The zero-order valence-electron chi connectivity index (χ0n) is 14.1. The van der Waals surface area contributed by atoms with E-state index in [-0.39, 0.29) is 12.1 Å². The zero-order chi connectivity index (χ0) is 16.5. The second kappa shape index (κ2) is 6.55. The van der Waals surface area contributed by atoms with Crippen molar-refractivity contribution in [3.05, 3.63) is 54.1 Å². The number of likely N-dealkylation sites (N-methyl/N-ethyl adjacent to an activating group) is 1. The summed E-state index contributed by atoms with van der Waals surface area (Å²) in [7, 11) is 2.07. The highest BCUT2D eigenvalue weighted by Crippen LogP contribution is 2.38. The van der Waals surface area contributed by atoms with Crippen molar-refractivity contribution in [1.82, 2.24) is 19.8 Å². The van der Waals surface area contributed by atoms with Crippen LogP contribution < -0.4 is 5.32 Å². The molecule has 0 bridgehead atoms. The van der Waals surface area contributed by atoms with Crippen LogP contribution in [0.3, 0.4) is 0 Å². The number of pyridine rings is 1. The fourth-order valence-electron chi connectivity index (χ4n) is 4.09. The molecule has 126 valence electrons. The van der Waals surface area contributed by atoms with Gasteiger partial charge in [0.15, 0.2) is 5.11 Å². The number of hydrogen-bond acceptors (Lipinski definition) is 2. The lowest BCUT2D eigenvalue weighted by Gasteiger charge is -2.25. The van der Waals surface area contributed by atoms with Crippen molar-refractivity contribution in [3.63, 3.8) is 0 Å². The van der Waals surface area contributed by atoms with E-state index < -0.39 is 0 Å². The molecule has 2 fully saturated rings. The molecule has 1 saturated heterocycles. The summed E-state index contributed by atoms with van der Waals surface area (Å²) >= 11 is 5.51. The fourth-order valence-corrected chi connectivity index (χ4v) is 4.33. The molecule has 1 N–H and O–H groups in total. The van der Waals surface area contributed by atoms with Gasteiger partial charge in [0.05, 0.1) is 17.8 Å². The number of hydrogen-bond donors (Lipinski definition) is 1. The molecule has 2 aromatic rings. The van der Waals surface area contributed by atoms with E-state index >= 15 is 0 Å². The summed E-state index contributed by atoms with van der Waals surface area (Å²) in [5.74, 6) is 0.